The van der Waals surface area contributed by atoms with Gasteiger partial charge >= 0.3 is 0 Å². The van der Waals surface area contributed by atoms with E-state index in [1.165, 1.54) is 56.9 Å². The van der Waals surface area contributed by atoms with Crippen LogP contribution in [0.4, 0.5) is 0 Å². The average Bonchev–Trinajstić information content (AvgIpc) is 3.06. The molecule has 4 aliphatic rings. The van der Waals surface area contributed by atoms with Crippen molar-refractivity contribution in [1.29, 1.82) is 0 Å². The lowest BCUT2D eigenvalue weighted by Gasteiger charge is -2.55. The zero-order chi connectivity index (χ0) is 21.8. The number of allylic oxidation sites excluding steroid dienone is 5. The molecule has 4 rings (SSSR count). The van der Waals surface area contributed by atoms with Gasteiger partial charge in [-0.15, -0.1) is 0 Å². The summed E-state index contributed by atoms with van der Waals surface area (Å²) in [5.41, 5.74) is 7.41. The van der Waals surface area contributed by atoms with E-state index in [2.05, 4.69) is 54.2 Å². The maximum absolute atomic E-state index is 10.5. The summed E-state index contributed by atoms with van der Waals surface area (Å²) in [6, 6.07) is 0. The normalized spacial score (nSPS) is 41.8. The van der Waals surface area contributed by atoms with Crippen LogP contribution in [-0.2, 0) is 0 Å². The Balaban J connectivity index is 1.56. The Morgan fingerprint density at radius 1 is 1.13 bits per heavy atom. The Kier molecular flexibility index (Phi) is 5.93. The standard InChI is InChI=1S/C29H46O/c1-18(2)19(3)8-9-20(4)23-12-13-25-22-10-11-24-21(5)27(30)15-17-29(24,7)26(22)14-16-28(23,25)6/h13,18,20-21,23-24,27,30H,3,8-12,14-17H2,1-2,4-7H3/t20-,21+,23-,24+,27+,28-,29+/m1/s1. The van der Waals surface area contributed by atoms with Gasteiger partial charge in [-0.3, -0.25) is 0 Å². The van der Waals surface area contributed by atoms with E-state index in [1.807, 2.05) is 0 Å². The third-order valence-corrected chi connectivity index (χ3v) is 10.4. The van der Waals surface area contributed by atoms with E-state index in [0.717, 1.165) is 18.3 Å². The molecular weight excluding hydrogens is 364 g/mol. The molecule has 0 unspecified atom stereocenters. The van der Waals surface area contributed by atoms with Gasteiger partial charge in [0.15, 0.2) is 0 Å². The van der Waals surface area contributed by atoms with Gasteiger partial charge in [0.25, 0.3) is 0 Å². The molecule has 1 heteroatoms. The monoisotopic (exact) mass is 410 g/mol. The van der Waals surface area contributed by atoms with Crippen LogP contribution in [0.1, 0.15) is 99.3 Å². The van der Waals surface area contributed by atoms with Gasteiger partial charge in [-0.25, -0.2) is 0 Å². The van der Waals surface area contributed by atoms with Crippen molar-refractivity contribution in [2.75, 3.05) is 0 Å². The fourth-order valence-electron chi connectivity index (χ4n) is 8.10. The molecule has 0 aromatic carbocycles. The highest BCUT2D eigenvalue weighted by atomic mass is 16.3. The molecule has 1 N–H and O–H groups in total. The second-order valence-corrected chi connectivity index (χ2v) is 12.2. The molecule has 0 amide bonds. The van der Waals surface area contributed by atoms with Gasteiger partial charge in [0, 0.05) is 0 Å². The highest BCUT2D eigenvalue weighted by Gasteiger charge is 2.54. The first kappa shape index (κ1) is 22.4. The van der Waals surface area contributed by atoms with Crippen LogP contribution in [0.25, 0.3) is 0 Å². The van der Waals surface area contributed by atoms with Gasteiger partial charge in [0.2, 0.25) is 0 Å². The number of fused-ring (bicyclic) bond motifs is 4. The molecule has 0 bridgehead atoms. The van der Waals surface area contributed by atoms with Gasteiger partial charge in [0.05, 0.1) is 6.10 Å². The van der Waals surface area contributed by atoms with Gasteiger partial charge in [-0.05, 0) is 109 Å². The molecular formula is C29H46O. The first-order valence-corrected chi connectivity index (χ1v) is 12.9. The summed E-state index contributed by atoms with van der Waals surface area (Å²) in [7, 11) is 0. The van der Waals surface area contributed by atoms with E-state index in [0.29, 0.717) is 28.6 Å². The summed E-state index contributed by atoms with van der Waals surface area (Å²) < 4.78 is 0. The summed E-state index contributed by atoms with van der Waals surface area (Å²) in [5.74, 6) is 3.28. The quantitative estimate of drug-likeness (QED) is 0.457. The number of rotatable bonds is 5. The van der Waals surface area contributed by atoms with E-state index in [-0.39, 0.29) is 6.10 Å². The van der Waals surface area contributed by atoms with Crippen LogP contribution in [0.2, 0.25) is 0 Å². The number of hydrogen-bond acceptors (Lipinski definition) is 1. The third kappa shape index (κ3) is 3.39. The smallest absolute Gasteiger partial charge is 0.0569 e. The summed E-state index contributed by atoms with van der Waals surface area (Å²) >= 11 is 0. The molecule has 7 atom stereocenters. The van der Waals surface area contributed by atoms with E-state index in [9.17, 15) is 5.11 Å². The van der Waals surface area contributed by atoms with E-state index in [1.54, 1.807) is 16.7 Å². The predicted octanol–water partition coefficient (Wildman–Crippen LogP) is 7.87. The highest BCUT2D eigenvalue weighted by Crippen LogP contribution is 2.64. The maximum atomic E-state index is 10.5. The molecule has 0 aromatic rings. The van der Waals surface area contributed by atoms with Crippen LogP contribution in [0.5, 0.6) is 0 Å². The van der Waals surface area contributed by atoms with E-state index in [4.69, 9.17) is 0 Å². The molecule has 1 fully saturated rings. The zero-order valence-corrected chi connectivity index (χ0v) is 20.6. The van der Waals surface area contributed by atoms with Gasteiger partial charge in [-0.1, -0.05) is 65.3 Å². The van der Waals surface area contributed by atoms with Crippen molar-refractivity contribution in [1.82, 2.24) is 0 Å². The molecule has 0 saturated heterocycles. The zero-order valence-electron chi connectivity index (χ0n) is 20.6. The van der Waals surface area contributed by atoms with Crippen molar-refractivity contribution in [3.63, 3.8) is 0 Å². The Hall–Kier alpha value is -0.820. The fraction of sp³-hybridized carbons (Fsp3) is 0.793. The van der Waals surface area contributed by atoms with Crippen molar-refractivity contribution in [2.24, 2.45) is 40.4 Å². The lowest BCUT2D eigenvalue weighted by Crippen LogP contribution is -2.48. The minimum Gasteiger partial charge on any atom is -0.393 e. The number of aliphatic hydroxyl groups excluding tert-OH is 1. The fourth-order valence-corrected chi connectivity index (χ4v) is 8.10. The first-order chi connectivity index (χ1) is 14.1. The van der Waals surface area contributed by atoms with E-state index < -0.39 is 0 Å². The largest absolute Gasteiger partial charge is 0.393 e. The Morgan fingerprint density at radius 3 is 2.57 bits per heavy atom. The molecule has 0 aromatic heterocycles. The average molecular weight is 411 g/mol. The molecule has 1 saturated carbocycles. The Morgan fingerprint density at radius 2 is 1.87 bits per heavy atom. The van der Waals surface area contributed by atoms with Gasteiger partial charge in [0.1, 0.15) is 0 Å². The summed E-state index contributed by atoms with van der Waals surface area (Å²) in [4.78, 5) is 0. The number of aliphatic hydroxyl groups is 1. The molecule has 30 heavy (non-hydrogen) atoms. The summed E-state index contributed by atoms with van der Waals surface area (Å²) in [6.07, 6.45) is 13.6. The summed E-state index contributed by atoms with van der Waals surface area (Å²) in [5, 5.41) is 10.5. The first-order valence-electron chi connectivity index (χ1n) is 12.9. The molecule has 0 heterocycles. The van der Waals surface area contributed by atoms with Crippen LogP contribution in [0.3, 0.4) is 0 Å². The van der Waals surface area contributed by atoms with Crippen LogP contribution in [0, 0.1) is 40.4 Å². The van der Waals surface area contributed by atoms with Crippen LogP contribution in [-0.4, -0.2) is 11.2 Å². The second-order valence-electron chi connectivity index (χ2n) is 12.2. The SMILES string of the molecule is C=C(CC[C@@H](C)[C@H]1CC=C2C3=C(CC[C@@]21C)[C@@]1(C)CC[C@H](O)[C@@H](C)[C@@H]1CC3)C(C)C. The second kappa shape index (κ2) is 7.95. The highest BCUT2D eigenvalue weighted by molar-refractivity contribution is 5.49. The molecule has 0 radical (unpaired) electrons. The lowest BCUT2D eigenvalue weighted by atomic mass is 9.49. The molecule has 0 spiro atoms. The van der Waals surface area contributed by atoms with Crippen LogP contribution < -0.4 is 0 Å². The predicted molar refractivity (Wildman–Crippen MR) is 128 cm³/mol. The topological polar surface area (TPSA) is 20.2 Å². The lowest BCUT2D eigenvalue weighted by molar-refractivity contribution is -0.0287. The minimum atomic E-state index is -0.0874. The maximum Gasteiger partial charge on any atom is 0.0569 e. The van der Waals surface area contributed by atoms with Gasteiger partial charge < -0.3 is 5.11 Å². The number of hydrogen-bond donors (Lipinski definition) is 1. The van der Waals surface area contributed by atoms with E-state index >= 15 is 0 Å². The minimum absolute atomic E-state index is 0.0874. The molecule has 0 aliphatic heterocycles. The van der Waals surface area contributed by atoms with Crippen molar-refractivity contribution >= 4 is 0 Å². The van der Waals surface area contributed by atoms with Crippen molar-refractivity contribution in [2.45, 2.75) is 105 Å². The molecule has 4 aliphatic carbocycles. The Labute approximate surface area is 186 Å². The van der Waals surface area contributed by atoms with Crippen LogP contribution in [0.15, 0.2) is 34.9 Å². The van der Waals surface area contributed by atoms with Gasteiger partial charge in [-0.2, -0.15) is 0 Å². The van der Waals surface area contributed by atoms with Crippen molar-refractivity contribution < 1.29 is 5.11 Å². The van der Waals surface area contributed by atoms with Crippen molar-refractivity contribution in [3.05, 3.63) is 34.9 Å². The summed E-state index contributed by atoms with van der Waals surface area (Å²) in [6.45, 7) is 18.8. The van der Waals surface area contributed by atoms with Crippen molar-refractivity contribution in [3.8, 4) is 0 Å². The third-order valence-electron chi connectivity index (χ3n) is 10.4. The molecule has 1 nitrogen and oxygen atoms in total. The molecule has 168 valence electrons. The Bertz CT molecular complexity index is 754. The van der Waals surface area contributed by atoms with Crippen LogP contribution >= 0.6 is 0 Å².